The highest BCUT2D eigenvalue weighted by Crippen LogP contribution is 2.50. The van der Waals surface area contributed by atoms with Crippen LogP contribution >= 0.6 is 0 Å². The van der Waals surface area contributed by atoms with E-state index in [-0.39, 0.29) is 87.0 Å². The Balaban J connectivity index is 1.31. The lowest BCUT2D eigenvalue weighted by Gasteiger charge is -2.48. The fourth-order valence-corrected chi connectivity index (χ4v) is 18.3. The van der Waals surface area contributed by atoms with Crippen LogP contribution in [-0.4, -0.2) is 135 Å². The number of piperazine rings is 1. The number of pyridine rings is 2. The number of ether oxygens (including phenoxy) is 5. The minimum atomic E-state index is -2.92. The molecule has 0 radical (unpaired) electrons. The van der Waals surface area contributed by atoms with Gasteiger partial charge in [-0.2, -0.15) is 14.9 Å². The number of hydrogen-bond acceptors (Lipinski definition) is 14. The number of nitrogens with zero attached hydrogens (tertiary/aromatic N) is 8. The van der Waals surface area contributed by atoms with Crippen molar-refractivity contribution in [2.75, 3.05) is 36.0 Å². The maximum Gasteiger partial charge on any atom is 0.425 e. The first-order chi connectivity index (χ1) is 36.2. The van der Waals surface area contributed by atoms with Gasteiger partial charge in [0, 0.05) is 29.5 Å². The molecular weight excluding hydrogens is 1020 g/mol. The molecule has 16 nitrogen and oxygen atoms in total. The Bertz CT molecular complexity index is 3060. The van der Waals surface area contributed by atoms with E-state index in [0.717, 1.165) is 0 Å². The first-order valence-electron chi connectivity index (χ1n) is 27.6. The Hall–Kier alpha value is -5.94. The third kappa shape index (κ3) is 10.5. The highest BCUT2D eigenvalue weighted by molar-refractivity contribution is 6.90. The molecule has 4 saturated heterocycles. The Morgan fingerprint density at radius 1 is 0.872 bits per heavy atom. The van der Waals surface area contributed by atoms with Gasteiger partial charge in [-0.25, -0.2) is 37.5 Å². The van der Waals surface area contributed by atoms with Gasteiger partial charge in [-0.05, 0) is 136 Å². The van der Waals surface area contributed by atoms with Crippen LogP contribution < -0.4 is 19.3 Å². The largest absolute Gasteiger partial charge is 0.472 e. The maximum absolute atomic E-state index is 18.8. The predicted octanol–water partition coefficient (Wildman–Crippen LogP) is 12.6. The number of carbonyl (C=O) groups excluding carboxylic acids is 3. The van der Waals surface area contributed by atoms with Gasteiger partial charge in [-0.3, -0.25) is 9.80 Å². The van der Waals surface area contributed by atoms with Crippen LogP contribution in [0.25, 0.3) is 33.1 Å². The number of rotatable bonds is 8. The van der Waals surface area contributed by atoms with E-state index in [1.54, 1.807) is 63.5 Å². The van der Waals surface area contributed by atoms with Crippen molar-refractivity contribution in [1.82, 2.24) is 29.7 Å². The van der Waals surface area contributed by atoms with Crippen molar-refractivity contribution in [1.29, 1.82) is 0 Å². The van der Waals surface area contributed by atoms with E-state index in [4.69, 9.17) is 43.6 Å². The first kappa shape index (κ1) is 56.8. The molecule has 20 heteroatoms. The summed E-state index contributed by atoms with van der Waals surface area (Å²) < 4.78 is 80.1. The Morgan fingerprint density at radius 3 is 2.13 bits per heavy atom. The van der Waals surface area contributed by atoms with Crippen molar-refractivity contribution in [3.05, 3.63) is 35.6 Å². The van der Waals surface area contributed by atoms with Gasteiger partial charge in [0.25, 0.3) is 5.92 Å². The zero-order valence-corrected chi connectivity index (χ0v) is 49.2. The Morgan fingerprint density at radius 2 is 1.51 bits per heavy atom. The number of fused-ring (bicyclic) bond motifs is 7. The molecule has 0 spiro atoms. The second-order valence-corrected chi connectivity index (χ2v) is 31.6. The molecule has 5 aliphatic rings. The van der Waals surface area contributed by atoms with Crippen molar-refractivity contribution < 1.29 is 51.2 Å². The average molecular weight is 1100 g/mol. The van der Waals surface area contributed by atoms with Gasteiger partial charge in [0.1, 0.15) is 65.8 Å². The third-order valence-corrected chi connectivity index (χ3v) is 22.3. The summed E-state index contributed by atoms with van der Waals surface area (Å²) in [6.07, 6.45) is -1.29. The van der Waals surface area contributed by atoms with E-state index >= 15 is 13.2 Å². The fourth-order valence-electron chi connectivity index (χ4n) is 13.1. The van der Waals surface area contributed by atoms with E-state index in [1.807, 2.05) is 38.7 Å². The van der Waals surface area contributed by atoms with Crippen molar-refractivity contribution in [3.8, 4) is 34.6 Å². The lowest BCUT2D eigenvalue weighted by Crippen LogP contribution is -2.65. The van der Waals surface area contributed by atoms with Gasteiger partial charge in [0.2, 0.25) is 5.88 Å². The summed E-state index contributed by atoms with van der Waals surface area (Å²) in [6, 6.07) is 5.16. The van der Waals surface area contributed by atoms with Gasteiger partial charge in [0.05, 0.1) is 35.7 Å². The van der Waals surface area contributed by atoms with Crippen molar-refractivity contribution in [2.45, 2.75) is 212 Å². The van der Waals surface area contributed by atoms with Crippen LogP contribution in [0.1, 0.15) is 148 Å². The van der Waals surface area contributed by atoms with E-state index in [9.17, 15) is 14.4 Å². The number of carbonyl (C=O) groups is 3. The predicted molar refractivity (Wildman–Crippen MR) is 296 cm³/mol. The third-order valence-electron chi connectivity index (χ3n) is 16.0. The minimum absolute atomic E-state index is 0.0300. The highest BCUT2D eigenvalue weighted by atomic mass is 28.3. The molecule has 0 N–H and O–H groups in total. The fraction of sp³-hybridized carbons (Fsp3) is 0.638. The highest BCUT2D eigenvalue weighted by Gasteiger charge is 2.58. The van der Waals surface area contributed by atoms with Crippen LogP contribution in [0.4, 0.5) is 39.2 Å². The topological polar surface area (TPSA) is 162 Å². The summed E-state index contributed by atoms with van der Waals surface area (Å²) in [6.45, 7) is 30.7. The van der Waals surface area contributed by atoms with Crippen LogP contribution in [0.3, 0.4) is 0 Å². The number of benzene rings is 1. The van der Waals surface area contributed by atoms with Gasteiger partial charge < -0.3 is 28.6 Å². The first-order valence-corrected chi connectivity index (χ1v) is 29.8. The molecule has 9 rings (SSSR count). The summed E-state index contributed by atoms with van der Waals surface area (Å²) >= 11 is 0. The average Bonchev–Trinajstić information content (AvgIpc) is 4.08. The van der Waals surface area contributed by atoms with E-state index in [1.165, 1.54) is 6.07 Å². The van der Waals surface area contributed by atoms with Gasteiger partial charge in [-0.1, -0.05) is 53.5 Å². The SMILES string of the molecule is CC(C)[Si](C#Cc1cccc2nc(N(C(=O)OC(C)(C)C)C(=O)OC(C)(C)C)cc(-c3nc4c5c(nc(OCC67CCCN6CC(F)(F)C7)nc5c3F)N3C[C@H]5CC[C@@H]([C@H]3[C@H](C)O4)N5C(=O)OC(C)(C)C)c12)(C(C)C)C(C)C. The smallest absolute Gasteiger partial charge is 0.425 e. The number of aromatic nitrogens is 4. The molecule has 1 aromatic carbocycles. The van der Waals surface area contributed by atoms with Crippen LogP contribution in [0.5, 0.6) is 11.9 Å². The van der Waals surface area contributed by atoms with Crippen LogP contribution in [0.15, 0.2) is 24.3 Å². The molecule has 5 atom stereocenters. The van der Waals surface area contributed by atoms with Gasteiger partial charge >= 0.3 is 24.3 Å². The van der Waals surface area contributed by atoms with Crippen molar-refractivity contribution >= 4 is 59.8 Å². The summed E-state index contributed by atoms with van der Waals surface area (Å²) in [4.78, 5) is 68.8. The van der Waals surface area contributed by atoms with E-state index < -0.39 is 91.6 Å². The normalized spacial score (nSPS) is 23.0. The molecule has 4 aromatic rings. The van der Waals surface area contributed by atoms with Crippen LogP contribution in [-0.2, 0) is 14.2 Å². The molecule has 0 aliphatic carbocycles. The number of imide groups is 1. The van der Waals surface area contributed by atoms with E-state index in [2.05, 4.69) is 53.0 Å². The molecule has 3 amide bonds. The summed E-state index contributed by atoms with van der Waals surface area (Å²) in [5.74, 6) is -0.330. The molecule has 78 heavy (non-hydrogen) atoms. The number of amides is 3. The molecule has 3 aromatic heterocycles. The molecule has 1 unspecified atom stereocenters. The summed E-state index contributed by atoms with van der Waals surface area (Å²) in [5.41, 5.74) is 1.04. The standard InChI is InChI=1S/C58H77F3N8O8Si/c1-32(2)78(33(3)4,34(5)6)26-23-36-19-17-20-39-42(36)38(27-41(62-39)69(52(71)76-55(11,12)13)53(72)77-56(14,15)16)45-44(59)46-43-48(65-50(64-46)73-31-57-24-18-25-66(57)30-58(60,61)29-57)67-28-37-21-22-40(47(67)35(7)74-49(43)63-45)68(37)51(70)75-54(8,9)10/h17,19-20,27,32-35,37,40,47H,18,21-22,24-25,28-31H2,1-16H3/t35-,37+,40-,47+,57?/m0/s1. The van der Waals surface area contributed by atoms with Crippen LogP contribution in [0.2, 0.25) is 16.6 Å². The monoisotopic (exact) mass is 1100 g/mol. The molecule has 2 bridgehead atoms. The number of hydrogen-bond donors (Lipinski definition) is 0. The molecule has 422 valence electrons. The molecule has 0 saturated carbocycles. The number of anilines is 2. The molecule has 8 heterocycles. The van der Waals surface area contributed by atoms with Crippen molar-refractivity contribution in [2.24, 2.45) is 0 Å². The number of alkyl halides is 2. The lowest BCUT2D eigenvalue weighted by molar-refractivity contribution is 0.000812. The minimum Gasteiger partial charge on any atom is -0.472 e. The molecular formula is C58H77F3N8O8Si. The van der Waals surface area contributed by atoms with Gasteiger partial charge in [-0.15, -0.1) is 5.54 Å². The van der Waals surface area contributed by atoms with Crippen molar-refractivity contribution in [3.63, 3.8) is 0 Å². The second kappa shape index (κ2) is 20.0. The van der Waals surface area contributed by atoms with Crippen LogP contribution in [0, 0.1) is 17.3 Å². The number of halogens is 3. The second-order valence-electron chi connectivity index (χ2n) is 26.0. The van der Waals surface area contributed by atoms with E-state index in [0.29, 0.717) is 48.1 Å². The zero-order valence-electron chi connectivity index (χ0n) is 48.2. The lowest BCUT2D eigenvalue weighted by atomic mass is 9.94. The zero-order chi connectivity index (χ0) is 57.0. The Kier molecular flexibility index (Phi) is 14.6. The quantitative estimate of drug-likeness (QED) is 0.0930. The summed E-state index contributed by atoms with van der Waals surface area (Å²) in [5, 5.41) is 0.511. The maximum atomic E-state index is 18.8. The Labute approximate surface area is 457 Å². The van der Waals surface area contributed by atoms with Gasteiger partial charge in [0.15, 0.2) is 5.82 Å². The summed E-state index contributed by atoms with van der Waals surface area (Å²) in [7, 11) is -2.39. The molecule has 4 fully saturated rings. The molecule has 5 aliphatic heterocycles.